The van der Waals surface area contributed by atoms with Crippen LogP contribution in [0.1, 0.15) is 31.9 Å². The van der Waals surface area contributed by atoms with Gasteiger partial charge in [-0.1, -0.05) is 26.0 Å². The molecular weight excluding hydrogens is 380 g/mol. The van der Waals surface area contributed by atoms with Crippen LogP contribution in [-0.2, 0) is 4.79 Å². The third-order valence-electron chi connectivity index (χ3n) is 4.60. The highest BCUT2D eigenvalue weighted by molar-refractivity contribution is 5.92. The Labute approximate surface area is 178 Å². The second-order valence-electron chi connectivity index (χ2n) is 7.81. The van der Waals surface area contributed by atoms with Gasteiger partial charge in [0.15, 0.2) is 0 Å². The molecule has 0 aliphatic carbocycles. The van der Waals surface area contributed by atoms with Crippen LogP contribution in [0.15, 0.2) is 48.5 Å². The molecule has 1 atom stereocenters. The minimum atomic E-state index is -0.285. The van der Waals surface area contributed by atoms with Gasteiger partial charge < -0.3 is 25.6 Å². The van der Waals surface area contributed by atoms with Gasteiger partial charge in [0.25, 0.3) is 0 Å². The van der Waals surface area contributed by atoms with Crippen molar-refractivity contribution >= 4 is 23.3 Å². The first-order valence-corrected chi connectivity index (χ1v) is 10.0. The second-order valence-corrected chi connectivity index (χ2v) is 7.81. The van der Waals surface area contributed by atoms with E-state index in [4.69, 9.17) is 4.74 Å². The Balaban J connectivity index is 1.88. The molecule has 162 valence electrons. The van der Waals surface area contributed by atoms with Crippen molar-refractivity contribution in [2.24, 2.45) is 5.92 Å². The summed E-state index contributed by atoms with van der Waals surface area (Å²) in [4.78, 5) is 26.2. The molecule has 0 aliphatic heterocycles. The van der Waals surface area contributed by atoms with Gasteiger partial charge >= 0.3 is 6.03 Å². The molecule has 7 nitrogen and oxygen atoms in total. The van der Waals surface area contributed by atoms with Crippen molar-refractivity contribution in [3.05, 3.63) is 54.1 Å². The molecule has 0 radical (unpaired) electrons. The predicted molar refractivity (Wildman–Crippen MR) is 121 cm³/mol. The Morgan fingerprint density at radius 2 is 1.50 bits per heavy atom. The molecule has 0 aliphatic rings. The van der Waals surface area contributed by atoms with E-state index < -0.39 is 0 Å². The van der Waals surface area contributed by atoms with Crippen molar-refractivity contribution in [3.8, 4) is 5.75 Å². The maximum Gasteiger partial charge on any atom is 0.319 e. The zero-order valence-electron chi connectivity index (χ0n) is 18.4. The number of nitrogens with one attached hydrogen (secondary N) is 3. The molecule has 2 aromatic rings. The van der Waals surface area contributed by atoms with Crippen molar-refractivity contribution in [2.75, 3.05) is 38.4 Å². The summed E-state index contributed by atoms with van der Waals surface area (Å²) in [5.74, 6) is 1.08. The number of carbonyl (C=O) groups is 2. The average molecular weight is 413 g/mol. The van der Waals surface area contributed by atoms with E-state index in [2.05, 4.69) is 20.9 Å². The van der Waals surface area contributed by atoms with Gasteiger partial charge in [-0.05, 0) is 62.0 Å². The van der Waals surface area contributed by atoms with Crippen LogP contribution in [-0.4, -0.2) is 44.6 Å². The van der Waals surface area contributed by atoms with E-state index >= 15 is 0 Å². The third-order valence-corrected chi connectivity index (χ3v) is 4.60. The lowest BCUT2D eigenvalue weighted by Crippen LogP contribution is -2.36. The number of ether oxygens (including phenoxy) is 1. The van der Waals surface area contributed by atoms with E-state index in [1.165, 1.54) is 0 Å². The summed E-state index contributed by atoms with van der Waals surface area (Å²) >= 11 is 0. The number of carbonyl (C=O) groups excluding carboxylic acids is 2. The van der Waals surface area contributed by atoms with E-state index in [0.717, 1.165) is 11.3 Å². The zero-order chi connectivity index (χ0) is 22.1. The maximum atomic E-state index is 12.3. The molecule has 0 spiro atoms. The number of amides is 3. The van der Waals surface area contributed by atoms with Crippen LogP contribution in [0.25, 0.3) is 0 Å². The lowest BCUT2D eigenvalue weighted by Gasteiger charge is -2.25. The van der Waals surface area contributed by atoms with Gasteiger partial charge in [0.1, 0.15) is 5.75 Å². The smallest absolute Gasteiger partial charge is 0.319 e. The van der Waals surface area contributed by atoms with Crippen LogP contribution in [0.4, 0.5) is 16.2 Å². The lowest BCUT2D eigenvalue weighted by molar-refractivity contribution is -0.116. The SMILES string of the molecule is COc1ccc(C(CNC(=O)Nc2ccc(NC(=O)CC(C)C)cc2)N(C)C)cc1. The second kappa shape index (κ2) is 11.2. The Hall–Kier alpha value is -3.06. The first kappa shape index (κ1) is 23.2. The zero-order valence-corrected chi connectivity index (χ0v) is 18.4. The average Bonchev–Trinajstić information content (AvgIpc) is 2.69. The first-order chi connectivity index (χ1) is 14.3. The Bertz CT molecular complexity index is 817. The number of hydrogen-bond acceptors (Lipinski definition) is 4. The molecule has 3 N–H and O–H groups in total. The normalized spacial score (nSPS) is 11.8. The molecule has 2 aromatic carbocycles. The van der Waals surface area contributed by atoms with Crippen LogP contribution >= 0.6 is 0 Å². The maximum absolute atomic E-state index is 12.3. The number of nitrogens with zero attached hydrogens (tertiary/aromatic N) is 1. The predicted octanol–water partition coefficient (Wildman–Crippen LogP) is 4.10. The molecule has 7 heteroatoms. The molecule has 0 saturated heterocycles. The molecule has 1 unspecified atom stereocenters. The van der Waals surface area contributed by atoms with E-state index in [9.17, 15) is 9.59 Å². The number of hydrogen-bond donors (Lipinski definition) is 3. The fourth-order valence-electron chi connectivity index (χ4n) is 3.01. The third kappa shape index (κ3) is 7.40. The fourth-order valence-corrected chi connectivity index (χ4v) is 3.01. The van der Waals surface area contributed by atoms with Gasteiger partial charge in [-0.2, -0.15) is 0 Å². The Morgan fingerprint density at radius 3 is 2.00 bits per heavy atom. The highest BCUT2D eigenvalue weighted by atomic mass is 16.5. The van der Waals surface area contributed by atoms with Crippen molar-refractivity contribution in [1.82, 2.24) is 10.2 Å². The molecule has 3 amide bonds. The quantitative estimate of drug-likeness (QED) is 0.579. The topological polar surface area (TPSA) is 82.7 Å². The summed E-state index contributed by atoms with van der Waals surface area (Å²) in [6, 6.07) is 14.6. The number of urea groups is 1. The summed E-state index contributed by atoms with van der Waals surface area (Å²) in [7, 11) is 5.58. The number of likely N-dealkylation sites (N-methyl/N-ethyl adjacent to an activating group) is 1. The highest BCUT2D eigenvalue weighted by Gasteiger charge is 2.15. The minimum Gasteiger partial charge on any atom is -0.497 e. The Kier molecular flexibility index (Phi) is 8.68. The molecule has 30 heavy (non-hydrogen) atoms. The standard InChI is InChI=1S/C23H32N4O3/c1-16(2)14-22(28)25-18-8-10-19(11-9-18)26-23(29)24-15-21(27(3)4)17-6-12-20(30-5)13-7-17/h6-13,16,21H,14-15H2,1-5H3,(H,25,28)(H2,24,26,29). The van der Waals surface area contributed by atoms with Gasteiger partial charge in [0.05, 0.1) is 13.2 Å². The van der Waals surface area contributed by atoms with Crippen molar-refractivity contribution in [1.29, 1.82) is 0 Å². The number of benzene rings is 2. The van der Waals surface area contributed by atoms with Crippen LogP contribution in [0.2, 0.25) is 0 Å². The molecule has 0 bridgehead atoms. The molecule has 0 aromatic heterocycles. The molecule has 0 heterocycles. The Morgan fingerprint density at radius 1 is 0.933 bits per heavy atom. The summed E-state index contributed by atoms with van der Waals surface area (Å²) in [6.07, 6.45) is 0.476. The van der Waals surface area contributed by atoms with Crippen LogP contribution in [0.3, 0.4) is 0 Å². The molecule has 0 saturated carbocycles. The van der Waals surface area contributed by atoms with E-state index in [1.807, 2.05) is 52.2 Å². The molecule has 0 fully saturated rings. The number of methoxy groups -OCH3 is 1. The van der Waals surface area contributed by atoms with Crippen molar-refractivity contribution in [3.63, 3.8) is 0 Å². The highest BCUT2D eigenvalue weighted by Crippen LogP contribution is 2.21. The summed E-state index contributed by atoms with van der Waals surface area (Å²) in [6.45, 7) is 4.45. The van der Waals surface area contributed by atoms with E-state index in [-0.39, 0.29) is 18.0 Å². The van der Waals surface area contributed by atoms with E-state index in [0.29, 0.717) is 30.3 Å². The molecule has 2 rings (SSSR count). The minimum absolute atomic E-state index is 0.0169. The van der Waals surface area contributed by atoms with Crippen LogP contribution < -0.4 is 20.7 Å². The fraction of sp³-hybridized carbons (Fsp3) is 0.391. The van der Waals surface area contributed by atoms with Gasteiger partial charge in [-0.15, -0.1) is 0 Å². The van der Waals surface area contributed by atoms with Crippen LogP contribution in [0.5, 0.6) is 5.75 Å². The van der Waals surface area contributed by atoms with Crippen molar-refractivity contribution in [2.45, 2.75) is 26.3 Å². The summed E-state index contributed by atoms with van der Waals surface area (Å²) in [5, 5.41) is 8.58. The first-order valence-electron chi connectivity index (χ1n) is 10.0. The lowest BCUT2D eigenvalue weighted by atomic mass is 10.1. The van der Waals surface area contributed by atoms with Gasteiger partial charge in [-0.3, -0.25) is 4.79 Å². The van der Waals surface area contributed by atoms with Gasteiger partial charge in [0, 0.05) is 24.3 Å². The monoisotopic (exact) mass is 412 g/mol. The van der Waals surface area contributed by atoms with Gasteiger partial charge in [-0.25, -0.2) is 4.79 Å². The van der Waals surface area contributed by atoms with Crippen molar-refractivity contribution < 1.29 is 14.3 Å². The van der Waals surface area contributed by atoms with E-state index in [1.54, 1.807) is 31.4 Å². The number of rotatable bonds is 9. The number of anilines is 2. The summed E-state index contributed by atoms with van der Waals surface area (Å²) in [5.41, 5.74) is 2.45. The summed E-state index contributed by atoms with van der Waals surface area (Å²) < 4.78 is 5.20. The largest absolute Gasteiger partial charge is 0.497 e. The van der Waals surface area contributed by atoms with Gasteiger partial charge in [0.2, 0.25) is 5.91 Å². The van der Waals surface area contributed by atoms with Crippen LogP contribution in [0, 0.1) is 5.92 Å². The molecular formula is C23H32N4O3.